The molecule has 12 aromatic rings. The molecule has 0 radical (unpaired) electrons. The molecule has 3 heteroatoms. The van der Waals surface area contributed by atoms with Crippen LogP contribution in [0, 0.1) is 0 Å². The summed E-state index contributed by atoms with van der Waals surface area (Å²) < 4.78 is 2.17. The van der Waals surface area contributed by atoms with Gasteiger partial charge >= 0.3 is 0 Å². The number of benzene rings is 9. The van der Waals surface area contributed by atoms with Gasteiger partial charge in [0.25, 0.3) is 0 Å². The first-order chi connectivity index (χ1) is 33.2. The summed E-state index contributed by atoms with van der Waals surface area (Å²) in [6.07, 6.45) is 0. The van der Waals surface area contributed by atoms with Crippen LogP contribution in [0.2, 0.25) is 0 Å². The van der Waals surface area contributed by atoms with E-state index in [4.69, 9.17) is 10.1 Å². The maximum absolute atomic E-state index is 5.46. The van der Waals surface area contributed by atoms with E-state index >= 15 is 0 Å². The van der Waals surface area contributed by atoms with E-state index in [-0.39, 0.29) is 0 Å². The molecule has 0 aliphatic heterocycles. The van der Waals surface area contributed by atoms with Gasteiger partial charge in [-0.25, -0.2) is 9.50 Å². The molecule has 0 bridgehead atoms. The summed E-state index contributed by atoms with van der Waals surface area (Å²) in [7, 11) is 0. The second-order valence-electron chi connectivity index (χ2n) is 17.0. The van der Waals surface area contributed by atoms with E-state index in [1.807, 2.05) is 0 Å². The maximum Gasteiger partial charge on any atom is 0.101 e. The van der Waals surface area contributed by atoms with Crippen LogP contribution in [-0.4, -0.2) is 14.6 Å². The zero-order chi connectivity index (χ0) is 44.5. The van der Waals surface area contributed by atoms with Crippen molar-refractivity contribution in [3.8, 4) is 101 Å². The normalized spacial score (nSPS) is 11.3. The van der Waals surface area contributed by atoms with Gasteiger partial charge in [0.2, 0.25) is 0 Å². The lowest BCUT2D eigenvalue weighted by Gasteiger charge is -2.15. The minimum atomic E-state index is 0.924. The third-order valence-electron chi connectivity index (χ3n) is 12.8. The number of hydrogen-bond donors (Lipinski definition) is 0. The number of nitrogens with zero attached hydrogens (tertiary/aromatic N) is 3. The predicted octanol–water partition coefficient (Wildman–Crippen LogP) is 16.9. The molecule has 9 aromatic carbocycles. The fourth-order valence-electron chi connectivity index (χ4n) is 9.50. The van der Waals surface area contributed by atoms with Crippen LogP contribution in [0.15, 0.2) is 261 Å². The second-order valence-corrected chi connectivity index (χ2v) is 17.0. The Morgan fingerprint density at radius 1 is 0.269 bits per heavy atom. The van der Waals surface area contributed by atoms with Crippen LogP contribution in [0.4, 0.5) is 0 Å². The number of aromatic nitrogens is 3. The molecule has 0 aliphatic rings. The molecule has 0 saturated carbocycles. The first-order valence-electron chi connectivity index (χ1n) is 22.8. The molecular weight excluding hydrogens is 811 g/mol. The first kappa shape index (κ1) is 39.7. The summed E-state index contributed by atoms with van der Waals surface area (Å²) in [4.78, 5) is 5.34. The van der Waals surface area contributed by atoms with Crippen LogP contribution < -0.4 is 0 Å². The van der Waals surface area contributed by atoms with E-state index in [0.29, 0.717) is 0 Å². The van der Waals surface area contributed by atoms with Crippen molar-refractivity contribution in [1.82, 2.24) is 14.6 Å². The molecule has 0 fully saturated rings. The van der Waals surface area contributed by atoms with Crippen molar-refractivity contribution in [2.24, 2.45) is 0 Å². The lowest BCUT2D eigenvalue weighted by atomic mass is 9.92. The average molecular weight is 854 g/mol. The minimum absolute atomic E-state index is 0.924. The maximum atomic E-state index is 5.46. The number of pyridine rings is 2. The Morgan fingerprint density at radius 3 is 1.25 bits per heavy atom. The Hall–Kier alpha value is -8.92. The molecule has 0 aliphatic carbocycles. The van der Waals surface area contributed by atoms with Gasteiger partial charge in [-0.05, 0) is 79.7 Å². The van der Waals surface area contributed by atoms with E-state index < -0.39 is 0 Å². The Balaban J connectivity index is 1.03. The quantitative estimate of drug-likeness (QED) is 0.145. The highest BCUT2D eigenvalue weighted by atomic mass is 15.2. The van der Waals surface area contributed by atoms with Crippen LogP contribution in [0.25, 0.3) is 117 Å². The summed E-state index contributed by atoms with van der Waals surface area (Å²) >= 11 is 0. The first-order valence-corrected chi connectivity index (χ1v) is 22.8. The number of fused-ring (bicyclic) bond motifs is 3. The monoisotopic (exact) mass is 853 g/mol. The van der Waals surface area contributed by atoms with Crippen molar-refractivity contribution >= 4 is 16.3 Å². The van der Waals surface area contributed by atoms with Gasteiger partial charge in [0.15, 0.2) is 0 Å². The highest BCUT2D eigenvalue weighted by Crippen LogP contribution is 2.44. The van der Waals surface area contributed by atoms with E-state index in [0.717, 1.165) is 94.7 Å². The van der Waals surface area contributed by atoms with E-state index in [1.165, 1.54) is 22.3 Å². The molecule has 0 N–H and O–H groups in total. The summed E-state index contributed by atoms with van der Waals surface area (Å²) in [5.41, 5.74) is 20.7. The van der Waals surface area contributed by atoms with Crippen molar-refractivity contribution in [2.45, 2.75) is 0 Å². The molecule has 3 aromatic heterocycles. The van der Waals surface area contributed by atoms with Crippen molar-refractivity contribution < 1.29 is 0 Å². The molecule has 3 heterocycles. The van der Waals surface area contributed by atoms with Gasteiger partial charge in [0, 0.05) is 33.2 Å². The number of hydrogen-bond acceptors (Lipinski definition) is 2. The Bertz CT molecular complexity index is 3580. The van der Waals surface area contributed by atoms with Gasteiger partial charge in [-0.15, -0.1) is 0 Å². The topological polar surface area (TPSA) is 30.2 Å². The lowest BCUT2D eigenvalue weighted by Crippen LogP contribution is -1.97. The van der Waals surface area contributed by atoms with E-state index in [9.17, 15) is 0 Å². The average Bonchev–Trinajstić information content (AvgIpc) is 3.83. The summed E-state index contributed by atoms with van der Waals surface area (Å²) in [5, 5.41) is 7.76. The van der Waals surface area contributed by atoms with Crippen LogP contribution in [-0.2, 0) is 0 Å². The molecule has 314 valence electrons. The largest absolute Gasteiger partial charge is 0.248 e. The van der Waals surface area contributed by atoms with Gasteiger partial charge in [0.1, 0.15) is 5.69 Å². The van der Waals surface area contributed by atoms with Gasteiger partial charge in [-0.3, -0.25) is 0 Å². The molecule has 0 atom stereocenters. The zero-order valence-electron chi connectivity index (χ0n) is 36.7. The van der Waals surface area contributed by atoms with Crippen molar-refractivity contribution in [3.63, 3.8) is 0 Å². The molecule has 0 spiro atoms. The third-order valence-corrected chi connectivity index (χ3v) is 12.8. The molecule has 67 heavy (non-hydrogen) atoms. The second kappa shape index (κ2) is 17.2. The Labute approximate surface area is 390 Å². The summed E-state index contributed by atoms with van der Waals surface area (Å²) in [6.45, 7) is 0. The molecule has 12 rings (SSSR count). The van der Waals surface area contributed by atoms with Crippen LogP contribution in [0.5, 0.6) is 0 Å². The number of rotatable bonds is 9. The van der Waals surface area contributed by atoms with E-state index in [2.05, 4.69) is 265 Å². The minimum Gasteiger partial charge on any atom is -0.248 e. The SMILES string of the molecule is c1ccc(-c2ccc(-c3cc(-c4cccc(-c5cccc6c5cc(-c5ccccc5)n5nc(-c7ccccc7)c(-c7ccccc7)c65)c4)cc(-c4ccc(-c5ccccc5)cc4)n3)cc2)cc1. The van der Waals surface area contributed by atoms with Gasteiger partial charge in [0.05, 0.1) is 22.6 Å². The van der Waals surface area contributed by atoms with Crippen molar-refractivity contribution in [1.29, 1.82) is 0 Å². The predicted molar refractivity (Wildman–Crippen MR) is 279 cm³/mol. The van der Waals surface area contributed by atoms with Gasteiger partial charge < -0.3 is 0 Å². The molecule has 0 amide bonds. The molecule has 0 unspecified atom stereocenters. The van der Waals surface area contributed by atoms with Crippen LogP contribution in [0.1, 0.15) is 0 Å². The van der Waals surface area contributed by atoms with Crippen LogP contribution in [0.3, 0.4) is 0 Å². The third kappa shape index (κ3) is 7.59. The van der Waals surface area contributed by atoms with Crippen LogP contribution >= 0.6 is 0 Å². The smallest absolute Gasteiger partial charge is 0.101 e. The highest BCUT2D eigenvalue weighted by molar-refractivity contribution is 6.12. The molecule has 3 nitrogen and oxygen atoms in total. The molecular formula is C64H43N3. The Kier molecular flexibility index (Phi) is 10.2. The zero-order valence-corrected chi connectivity index (χ0v) is 36.7. The van der Waals surface area contributed by atoms with Gasteiger partial charge in [-0.1, -0.05) is 237 Å². The molecule has 0 saturated heterocycles. The van der Waals surface area contributed by atoms with E-state index in [1.54, 1.807) is 0 Å². The van der Waals surface area contributed by atoms with Crippen molar-refractivity contribution in [2.75, 3.05) is 0 Å². The van der Waals surface area contributed by atoms with Gasteiger partial charge in [-0.2, -0.15) is 5.10 Å². The Morgan fingerprint density at radius 2 is 0.701 bits per heavy atom. The highest BCUT2D eigenvalue weighted by Gasteiger charge is 2.23. The lowest BCUT2D eigenvalue weighted by molar-refractivity contribution is 0.979. The summed E-state index contributed by atoms with van der Waals surface area (Å²) in [6, 6.07) is 93.0. The fourth-order valence-corrected chi connectivity index (χ4v) is 9.50. The van der Waals surface area contributed by atoms with Crippen molar-refractivity contribution in [3.05, 3.63) is 261 Å². The summed E-state index contributed by atoms with van der Waals surface area (Å²) in [5.74, 6) is 0. The standard InChI is InChI=1S/C64H43N3/c1-6-18-44(19-7-1)46-32-36-48(37-33-46)59-41-55(42-60(65-59)49-38-34-47(35-39-49)45-20-8-2-9-21-45)53-28-16-29-54(40-53)56-30-17-31-57-58(56)43-61(50-22-10-3-11-23-50)67-64(57)62(51-24-12-4-13-25-51)63(66-67)52-26-14-5-15-27-52/h1-43H. The fraction of sp³-hybridized carbons (Fsp3) is 0.